The molecule has 2 unspecified atom stereocenters. The van der Waals surface area contributed by atoms with Gasteiger partial charge in [0, 0.05) is 29.4 Å². The van der Waals surface area contributed by atoms with Gasteiger partial charge in [-0.3, -0.25) is 9.78 Å². The van der Waals surface area contributed by atoms with Gasteiger partial charge in [0.15, 0.2) is 17.3 Å². The van der Waals surface area contributed by atoms with Crippen LogP contribution in [-0.4, -0.2) is 32.9 Å². The summed E-state index contributed by atoms with van der Waals surface area (Å²) in [5.41, 5.74) is 12.3. The van der Waals surface area contributed by atoms with Crippen molar-refractivity contribution in [1.82, 2.24) is 15.0 Å². The number of aromatic nitrogens is 3. The van der Waals surface area contributed by atoms with Crippen molar-refractivity contribution < 1.29 is 9.18 Å². The lowest BCUT2D eigenvalue weighted by atomic mass is 9.91. The van der Waals surface area contributed by atoms with Crippen molar-refractivity contribution in [2.45, 2.75) is 37.8 Å². The van der Waals surface area contributed by atoms with Crippen LogP contribution in [0.3, 0.4) is 0 Å². The Morgan fingerprint density at radius 3 is 2.83 bits per heavy atom. The first kappa shape index (κ1) is 19.0. The van der Waals surface area contributed by atoms with E-state index in [-0.39, 0.29) is 29.1 Å². The molecule has 8 nitrogen and oxygen atoms in total. The minimum atomic E-state index is -0.733. The van der Waals surface area contributed by atoms with Gasteiger partial charge in [-0.25, -0.2) is 14.4 Å². The van der Waals surface area contributed by atoms with Crippen molar-refractivity contribution in [2.24, 2.45) is 11.5 Å². The number of hydrogen-bond acceptors (Lipinski definition) is 7. The summed E-state index contributed by atoms with van der Waals surface area (Å²) in [5.74, 6) is -0.595. The lowest BCUT2D eigenvalue weighted by Crippen LogP contribution is -2.42. The number of benzene rings is 1. The van der Waals surface area contributed by atoms with E-state index in [1.807, 2.05) is 0 Å². The first-order valence-electron chi connectivity index (χ1n) is 9.51. The average Bonchev–Trinajstić information content (AvgIpc) is 2.70. The van der Waals surface area contributed by atoms with Gasteiger partial charge < -0.3 is 22.1 Å². The van der Waals surface area contributed by atoms with Gasteiger partial charge in [0.1, 0.15) is 11.3 Å². The van der Waals surface area contributed by atoms with Crippen molar-refractivity contribution in [3.05, 3.63) is 48.2 Å². The molecule has 1 fully saturated rings. The zero-order valence-corrected chi connectivity index (χ0v) is 15.7. The molecule has 150 valence electrons. The maximum absolute atomic E-state index is 14.4. The van der Waals surface area contributed by atoms with Crippen LogP contribution in [0.4, 0.5) is 21.7 Å². The van der Waals surface area contributed by atoms with Gasteiger partial charge in [-0.1, -0.05) is 18.9 Å². The number of carbonyl (C=O) groups excluding carboxylic acids is 1. The molecule has 1 amide bonds. The Bertz CT molecular complexity index is 1060. The number of pyridine rings is 1. The Kier molecular flexibility index (Phi) is 5.22. The van der Waals surface area contributed by atoms with Crippen LogP contribution >= 0.6 is 0 Å². The number of carbonyl (C=O) groups is 1. The molecule has 9 heteroatoms. The molecule has 3 aromatic rings. The summed E-state index contributed by atoms with van der Waals surface area (Å²) >= 11 is 0. The Morgan fingerprint density at radius 2 is 2.03 bits per heavy atom. The minimum absolute atomic E-state index is 0.0276. The predicted octanol–water partition coefficient (Wildman–Crippen LogP) is 2.69. The standard InChI is InChI=1S/C20H22FN7O/c21-13-9-12(8-11-4-3-7-24-17(11)13)26-20-18(19(23)29)25-10-16(28-20)27-15-6-2-1-5-14(15)22/h3-4,7-10,14-15H,1-2,5-6,22H2,(H2,23,29)(H2,26,27,28). The first-order valence-corrected chi connectivity index (χ1v) is 9.51. The van der Waals surface area contributed by atoms with Gasteiger partial charge in [-0.2, -0.15) is 0 Å². The molecule has 1 aliphatic carbocycles. The van der Waals surface area contributed by atoms with Crippen LogP contribution in [0.25, 0.3) is 10.9 Å². The van der Waals surface area contributed by atoms with E-state index < -0.39 is 11.7 Å². The van der Waals surface area contributed by atoms with Gasteiger partial charge in [-0.15, -0.1) is 0 Å². The molecule has 29 heavy (non-hydrogen) atoms. The number of primary amides is 1. The Morgan fingerprint density at radius 1 is 1.21 bits per heavy atom. The highest BCUT2D eigenvalue weighted by molar-refractivity contribution is 5.96. The number of fused-ring (bicyclic) bond motifs is 1. The molecule has 4 rings (SSSR count). The molecule has 0 radical (unpaired) electrons. The van der Waals surface area contributed by atoms with Crippen LogP contribution in [-0.2, 0) is 0 Å². The van der Waals surface area contributed by atoms with E-state index in [2.05, 4.69) is 25.6 Å². The number of halogens is 1. The molecule has 1 aromatic carbocycles. The van der Waals surface area contributed by atoms with Crippen LogP contribution in [0.1, 0.15) is 36.2 Å². The lowest BCUT2D eigenvalue weighted by Gasteiger charge is -2.29. The summed E-state index contributed by atoms with van der Waals surface area (Å²) in [6, 6.07) is 6.58. The van der Waals surface area contributed by atoms with E-state index in [0.717, 1.165) is 25.7 Å². The van der Waals surface area contributed by atoms with E-state index in [4.69, 9.17) is 11.5 Å². The maximum atomic E-state index is 14.4. The van der Waals surface area contributed by atoms with E-state index in [1.54, 1.807) is 18.2 Å². The van der Waals surface area contributed by atoms with Crippen LogP contribution in [0, 0.1) is 5.82 Å². The Balaban J connectivity index is 1.65. The molecule has 2 aromatic heterocycles. The quantitative estimate of drug-likeness (QED) is 0.522. The van der Waals surface area contributed by atoms with Crippen LogP contribution in [0.15, 0.2) is 36.7 Å². The van der Waals surface area contributed by atoms with Crippen molar-refractivity contribution in [1.29, 1.82) is 0 Å². The molecule has 2 atom stereocenters. The average molecular weight is 395 g/mol. The second-order valence-corrected chi connectivity index (χ2v) is 7.17. The summed E-state index contributed by atoms with van der Waals surface area (Å²) in [6.45, 7) is 0. The van der Waals surface area contributed by atoms with Crippen molar-refractivity contribution in [2.75, 3.05) is 10.6 Å². The number of amides is 1. The Labute approximate surface area is 166 Å². The highest BCUT2D eigenvalue weighted by atomic mass is 19.1. The molecule has 0 saturated heterocycles. The zero-order chi connectivity index (χ0) is 20.4. The summed E-state index contributed by atoms with van der Waals surface area (Å²) < 4.78 is 14.4. The number of hydrogen-bond donors (Lipinski definition) is 4. The largest absolute Gasteiger partial charge is 0.364 e. The first-order chi connectivity index (χ1) is 14.0. The highest BCUT2D eigenvalue weighted by Crippen LogP contribution is 2.26. The molecule has 2 heterocycles. The molecule has 0 spiro atoms. The fourth-order valence-corrected chi connectivity index (χ4v) is 3.61. The minimum Gasteiger partial charge on any atom is -0.364 e. The molecule has 6 N–H and O–H groups in total. The fourth-order valence-electron chi connectivity index (χ4n) is 3.61. The summed E-state index contributed by atoms with van der Waals surface area (Å²) in [4.78, 5) is 24.4. The third kappa shape index (κ3) is 4.09. The number of nitrogens with two attached hydrogens (primary N) is 2. The van der Waals surface area contributed by atoms with Gasteiger partial charge in [0.2, 0.25) is 0 Å². The lowest BCUT2D eigenvalue weighted by molar-refractivity contribution is 0.0996. The van der Waals surface area contributed by atoms with Gasteiger partial charge >= 0.3 is 0 Å². The number of nitrogens with zero attached hydrogens (tertiary/aromatic N) is 3. The topological polar surface area (TPSA) is 132 Å². The summed E-state index contributed by atoms with van der Waals surface area (Å²) in [7, 11) is 0. The van der Waals surface area contributed by atoms with Gasteiger partial charge in [0.05, 0.1) is 6.20 Å². The second-order valence-electron chi connectivity index (χ2n) is 7.17. The number of rotatable bonds is 5. The van der Waals surface area contributed by atoms with Crippen molar-refractivity contribution in [3.8, 4) is 0 Å². The molecule has 0 bridgehead atoms. The van der Waals surface area contributed by atoms with Gasteiger partial charge in [-0.05, 0) is 31.0 Å². The van der Waals surface area contributed by atoms with Crippen LogP contribution in [0.2, 0.25) is 0 Å². The van der Waals surface area contributed by atoms with Crippen LogP contribution < -0.4 is 22.1 Å². The Hall–Kier alpha value is -3.33. The summed E-state index contributed by atoms with van der Waals surface area (Å²) in [5, 5.41) is 6.87. The normalized spacial score (nSPS) is 19.1. The predicted molar refractivity (Wildman–Crippen MR) is 109 cm³/mol. The SMILES string of the molecule is NC(=O)c1ncc(NC2CCCCC2N)nc1Nc1cc(F)c2ncccc2c1. The number of anilines is 3. The monoisotopic (exact) mass is 395 g/mol. The third-order valence-corrected chi connectivity index (χ3v) is 5.08. The molecular formula is C20H22FN7O. The second kappa shape index (κ2) is 7.96. The van der Waals surface area contributed by atoms with E-state index in [9.17, 15) is 9.18 Å². The van der Waals surface area contributed by atoms with E-state index in [0.29, 0.717) is 16.9 Å². The highest BCUT2D eigenvalue weighted by Gasteiger charge is 2.23. The molecule has 0 aliphatic heterocycles. The fraction of sp³-hybridized carbons (Fsp3) is 0.300. The van der Waals surface area contributed by atoms with Crippen molar-refractivity contribution in [3.63, 3.8) is 0 Å². The van der Waals surface area contributed by atoms with Gasteiger partial charge in [0.25, 0.3) is 5.91 Å². The summed E-state index contributed by atoms with van der Waals surface area (Å²) in [6.07, 6.45) is 7.07. The molecular weight excluding hydrogens is 373 g/mol. The van der Waals surface area contributed by atoms with Crippen molar-refractivity contribution >= 4 is 34.1 Å². The maximum Gasteiger partial charge on any atom is 0.271 e. The molecule has 1 aliphatic rings. The molecule has 1 saturated carbocycles. The zero-order valence-electron chi connectivity index (χ0n) is 15.7. The third-order valence-electron chi connectivity index (χ3n) is 5.08. The van der Waals surface area contributed by atoms with E-state index >= 15 is 0 Å². The number of nitrogens with one attached hydrogen (secondary N) is 2. The smallest absolute Gasteiger partial charge is 0.271 e. The van der Waals surface area contributed by atoms with E-state index in [1.165, 1.54) is 18.5 Å². The van der Waals surface area contributed by atoms with Crippen LogP contribution in [0.5, 0.6) is 0 Å².